The molecular formula is C21H24O. The molecular weight excluding hydrogens is 268 g/mol. The van der Waals surface area contributed by atoms with Gasteiger partial charge >= 0.3 is 0 Å². The van der Waals surface area contributed by atoms with Crippen LogP contribution < -0.4 is 0 Å². The van der Waals surface area contributed by atoms with Crippen molar-refractivity contribution in [3.05, 3.63) is 59.2 Å². The number of allylic oxidation sites excluding steroid dienone is 4. The van der Waals surface area contributed by atoms with E-state index in [1.165, 1.54) is 27.8 Å². The molecule has 3 atom stereocenters. The summed E-state index contributed by atoms with van der Waals surface area (Å²) in [5.41, 5.74) is 6.72. The average molecular weight is 292 g/mol. The van der Waals surface area contributed by atoms with Crippen molar-refractivity contribution < 1.29 is 5.11 Å². The zero-order valence-electron chi connectivity index (χ0n) is 13.7. The van der Waals surface area contributed by atoms with Crippen molar-refractivity contribution in [2.24, 2.45) is 10.8 Å². The van der Waals surface area contributed by atoms with Crippen LogP contribution >= 0.6 is 0 Å². The maximum atomic E-state index is 10.9. The van der Waals surface area contributed by atoms with Crippen LogP contribution in [0, 0.1) is 10.8 Å². The van der Waals surface area contributed by atoms with Crippen molar-refractivity contribution in [3.8, 4) is 0 Å². The molecule has 0 spiro atoms. The molecule has 0 amide bonds. The van der Waals surface area contributed by atoms with E-state index in [1.54, 1.807) is 0 Å². The first kappa shape index (κ1) is 14.0. The summed E-state index contributed by atoms with van der Waals surface area (Å²) >= 11 is 0. The lowest BCUT2D eigenvalue weighted by Crippen LogP contribution is -2.42. The molecule has 0 saturated heterocycles. The summed E-state index contributed by atoms with van der Waals surface area (Å²) in [5, 5.41) is 10.9. The highest BCUT2D eigenvalue weighted by Crippen LogP contribution is 2.55. The van der Waals surface area contributed by atoms with E-state index in [1.807, 2.05) is 6.08 Å². The van der Waals surface area contributed by atoms with E-state index in [0.29, 0.717) is 0 Å². The van der Waals surface area contributed by atoms with E-state index in [0.717, 1.165) is 12.8 Å². The second kappa shape index (κ2) is 4.23. The number of aliphatic hydroxyl groups is 1. The summed E-state index contributed by atoms with van der Waals surface area (Å²) in [5.74, 6) is 0.234. The van der Waals surface area contributed by atoms with E-state index in [2.05, 4.69) is 57.7 Å². The van der Waals surface area contributed by atoms with Crippen molar-refractivity contribution in [2.45, 2.75) is 45.6 Å². The van der Waals surface area contributed by atoms with Crippen LogP contribution in [-0.4, -0.2) is 11.2 Å². The molecule has 0 fully saturated rings. The van der Waals surface area contributed by atoms with Gasteiger partial charge in [-0.3, -0.25) is 0 Å². The molecule has 0 bridgehead atoms. The predicted octanol–water partition coefficient (Wildman–Crippen LogP) is 4.72. The molecule has 1 N–H and O–H groups in total. The lowest BCUT2D eigenvalue weighted by Gasteiger charge is -2.47. The van der Waals surface area contributed by atoms with Gasteiger partial charge in [0.15, 0.2) is 0 Å². The van der Waals surface area contributed by atoms with Gasteiger partial charge in [-0.15, -0.1) is 6.58 Å². The highest BCUT2D eigenvalue weighted by molar-refractivity contribution is 5.88. The third-order valence-corrected chi connectivity index (χ3v) is 6.03. The molecule has 0 aliphatic heterocycles. The molecule has 3 aliphatic rings. The van der Waals surface area contributed by atoms with E-state index in [9.17, 15) is 5.11 Å². The van der Waals surface area contributed by atoms with E-state index in [4.69, 9.17) is 0 Å². The first-order valence-corrected chi connectivity index (χ1v) is 8.25. The first-order chi connectivity index (χ1) is 10.4. The molecule has 0 saturated carbocycles. The number of hydrogen-bond donors (Lipinski definition) is 1. The molecule has 1 aromatic rings. The van der Waals surface area contributed by atoms with Crippen LogP contribution in [0.25, 0.3) is 11.6 Å². The van der Waals surface area contributed by atoms with Crippen molar-refractivity contribution in [2.75, 3.05) is 0 Å². The Bertz CT molecular complexity index is 735. The molecule has 0 radical (unpaired) electrons. The first-order valence-electron chi connectivity index (χ1n) is 8.25. The summed E-state index contributed by atoms with van der Waals surface area (Å²) in [6, 6.07) is 4.52. The lowest BCUT2D eigenvalue weighted by molar-refractivity contribution is 0.0177. The Morgan fingerprint density at radius 3 is 2.77 bits per heavy atom. The molecule has 1 heteroatoms. The monoisotopic (exact) mass is 292 g/mol. The minimum Gasteiger partial charge on any atom is -0.392 e. The third-order valence-electron chi connectivity index (χ3n) is 6.03. The van der Waals surface area contributed by atoms with E-state index in [-0.39, 0.29) is 22.9 Å². The molecule has 3 aliphatic carbocycles. The third kappa shape index (κ3) is 1.63. The van der Waals surface area contributed by atoms with E-state index >= 15 is 0 Å². The van der Waals surface area contributed by atoms with E-state index < -0.39 is 0 Å². The fourth-order valence-electron chi connectivity index (χ4n) is 4.61. The summed E-state index contributed by atoms with van der Waals surface area (Å²) < 4.78 is 0. The largest absolute Gasteiger partial charge is 0.392 e. The Morgan fingerprint density at radius 1 is 1.27 bits per heavy atom. The SMILES string of the molecule is C=CC1(C)C=Cc2ccc3c4c2C1=CC[C@H]4[C@H](O)C(C)(C)C3. The summed E-state index contributed by atoms with van der Waals surface area (Å²) in [4.78, 5) is 0. The highest BCUT2D eigenvalue weighted by Gasteiger charge is 2.45. The maximum absolute atomic E-state index is 10.9. The van der Waals surface area contributed by atoms with Gasteiger partial charge in [-0.2, -0.15) is 0 Å². The molecule has 1 unspecified atom stereocenters. The average Bonchev–Trinajstić information content (AvgIpc) is 2.50. The van der Waals surface area contributed by atoms with Crippen molar-refractivity contribution in [1.29, 1.82) is 0 Å². The maximum Gasteiger partial charge on any atom is 0.0666 e. The number of rotatable bonds is 1. The van der Waals surface area contributed by atoms with Gasteiger partial charge in [0.05, 0.1) is 6.10 Å². The number of aliphatic hydroxyl groups excluding tert-OH is 1. The van der Waals surface area contributed by atoms with Crippen LogP contribution in [0.4, 0.5) is 0 Å². The van der Waals surface area contributed by atoms with Crippen LogP contribution in [0.3, 0.4) is 0 Å². The topological polar surface area (TPSA) is 20.2 Å². The summed E-state index contributed by atoms with van der Waals surface area (Å²) in [6.45, 7) is 10.7. The second-order valence-electron chi connectivity index (χ2n) is 7.99. The molecule has 114 valence electrons. The Kier molecular flexibility index (Phi) is 2.70. The summed E-state index contributed by atoms with van der Waals surface area (Å²) in [7, 11) is 0. The quantitative estimate of drug-likeness (QED) is 0.743. The van der Waals surface area contributed by atoms with Gasteiger partial charge in [-0.1, -0.05) is 50.3 Å². The predicted molar refractivity (Wildman–Crippen MR) is 92.6 cm³/mol. The molecule has 22 heavy (non-hydrogen) atoms. The Morgan fingerprint density at radius 2 is 2.05 bits per heavy atom. The standard InChI is InChI=1S/C21H24O/c1-5-21(4)11-10-13-6-7-14-12-20(2,3)19(22)15-8-9-16(21)18(13)17(14)15/h5-7,9-11,15,19,22H,1,8,12H2,2-4H3/t15-,19+,21?/m1/s1. The highest BCUT2D eigenvalue weighted by atomic mass is 16.3. The van der Waals surface area contributed by atoms with Gasteiger partial charge in [0.2, 0.25) is 0 Å². The van der Waals surface area contributed by atoms with Gasteiger partial charge in [-0.05, 0) is 53.0 Å². The van der Waals surface area contributed by atoms with Crippen LogP contribution in [0.5, 0.6) is 0 Å². The van der Waals surface area contributed by atoms with Crippen LogP contribution in [-0.2, 0) is 6.42 Å². The van der Waals surface area contributed by atoms with Gasteiger partial charge in [0.25, 0.3) is 0 Å². The molecule has 0 heterocycles. The van der Waals surface area contributed by atoms with Crippen molar-refractivity contribution >= 4 is 11.6 Å². The van der Waals surface area contributed by atoms with Crippen LogP contribution in [0.2, 0.25) is 0 Å². The van der Waals surface area contributed by atoms with Crippen LogP contribution in [0.1, 0.15) is 55.4 Å². The zero-order chi connectivity index (χ0) is 15.7. The Balaban J connectivity index is 2.01. The Labute approximate surface area is 133 Å². The lowest BCUT2D eigenvalue weighted by atomic mass is 9.59. The van der Waals surface area contributed by atoms with Gasteiger partial charge in [0.1, 0.15) is 0 Å². The van der Waals surface area contributed by atoms with Gasteiger partial charge in [-0.25, -0.2) is 0 Å². The molecule has 4 rings (SSSR count). The summed E-state index contributed by atoms with van der Waals surface area (Å²) in [6.07, 6.45) is 10.5. The van der Waals surface area contributed by atoms with Gasteiger partial charge in [0, 0.05) is 11.3 Å². The van der Waals surface area contributed by atoms with Crippen LogP contribution in [0.15, 0.2) is 36.9 Å². The smallest absolute Gasteiger partial charge is 0.0666 e. The molecule has 1 nitrogen and oxygen atoms in total. The fraction of sp³-hybridized carbons (Fsp3) is 0.429. The molecule has 1 aromatic carbocycles. The van der Waals surface area contributed by atoms with Crippen molar-refractivity contribution in [1.82, 2.24) is 0 Å². The minimum absolute atomic E-state index is 0.0521. The fourth-order valence-corrected chi connectivity index (χ4v) is 4.61. The number of benzene rings is 1. The minimum atomic E-state index is -0.273. The van der Waals surface area contributed by atoms with Crippen molar-refractivity contribution in [3.63, 3.8) is 0 Å². The zero-order valence-corrected chi connectivity index (χ0v) is 13.7. The molecule has 0 aromatic heterocycles. The Hall–Kier alpha value is -1.60. The normalized spacial score (nSPS) is 33.9. The van der Waals surface area contributed by atoms with Gasteiger partial charge < -0.3 is 5.11 Å². The second-order valence-corrected chi connectivity index (χ2v) is 7.99. The number of hydrogen-bond acceptors (Lipinski definition) is 1.